The first-order valence-electron chi connectivity index (χ1n) is 12.2. The second kappa shape index (κ2) is 15.3. The van der Waals surface area contributed by atoms with Crippen LogP contribution in [0.15, 0.2) is 48.5 Å². The van der Waals surface area contributed by atoms with Crippen molar-refractivity contribution in [3.63, 3.8) is 0 Å². The van der Waals surface area contributed by atoms with E-state index in [0.29, 0.717) is 35.5 Å². The Balaban J connectivity index is 0.000000346. The number of carboxylic acid groups (broad SMARTS) is 1. The molecule has 1 N–H and O–H groups in total. The fraction of sp³-hybridized carbons (Fsp3) is 0.517. The summed E-state index contributed by atoms with van der Waals surface area (Å²) < 4.78 is 5.10. The summed E-state index contributed by atoms with van der Waals surface area (Å²) in [6.07, 6.45) is 4.91. The quantitative estimate of drug-likeness (QED) is 0.358. The molecule has 0 bridgehead atoms. The van der Waals surface area contributed by atoms with Crippen LogP contribution in [0.25, 0.3) is 0 Å². The average molecular weight is 455 g/mol. The van der Waals surface area contributed by atoms with Crippen molar-refractivity contribution in [3.8, 4) is 0 Å². The van der Waals surface area contributed by atoms with Crippen molar-refractivity contribution >= 4 is 11.9 Å². The number of carboxylic acids is 1. The van der Waals surface area contributed by atoms with E-state index < -0.39 is 5.97 Å². The van der Waals surface area contributed by atoms with E-state index in [1.807, 2.05) is 24.3 Å². The summed E-state index contributed by atoms with van der Waals surface area (Å²) in [5.41, 5.74) is 3.37. The Hall–Kier alpha value is -2.62. The summed E-state index contributed by atoms with van der Waals surface area (Å²) in [6.45, 7) is 13.5. The predicted molar refractivity (Wildman–Crippen MR) is 136 cm³/mol. The van der Waals surface area contributed by atoms with Gasteiger partial charge in [-0.1, -0.05) is 71.9 Å². The summed E-state index contributed by atoms with van der Waals surface area (Å²) in [6, 6.07) is 14.8. The Morgan fingerprint density at radius 2 is 1.33 bits per heavy atom. The van der Waals surface area contributed by atoms with Crippen molar-refractivity contribution in [2.45, 2.75) is 73.6 Å². The third kappa shape index (κ3) is 11.7. The van der Waals surface area contributed by atoms with Gasteiger partial charge in [0.25, 0.3) is 0 Å². The SMILES string of the molecule is CC(C)CCOC(=O)c1ccccc1.CC(C)CCc1cccc(C(=O)O)c1CCC(C)C. The van der Waals surface area contributed by atoms with Gasteiger partial charge in [0.1, 0.15) is 0 Å². The number of carbonyl (C=O) groups excluding carboxylic acids is 1. The Bertz CT molecular complexity index is 838. The summed E-state index contributed by atoms with van der Waals surface area (Å²) in [7, 11) is 0. The summed E-state index contributed by atoms with van der Waals surface area (Å²) >= 11 is 0. The van der Waals surface area contributed by atoms with Crippen LogP contribution in [0.1, 0.15) is 92.6 Å². The van der Waals surface area contributed by atoms with E-state index in [2.05, 4.69) is 47.6 Å². The number of aryl methyl sites for hydroxylation is 1. The fourth-order valence-electron chi connectivity index (χ4n) is 3.29. The van der Waals surface area contributed by atoms with Crippen LogP contribution in [-0.2, 0) is 17.6 Å². The van der Waals surface area contributed by atoms with Crippen molar-refractivity contribution < 1.29 is 19.4 Å². The van der Waals surface area contributed by atoms with Crippen LogP contribution in [-0.4, -0.2) is 23.7 Å². The zero-order chi connectivity index (χ0) is 24.8. The molecule has 0 aliphatic rings. The van der Waals surface area contributed by atoms with Crippen molar-refractivity contribution in [1.29, 1.82) is 0 Å². The normalized spacial score (nSPS) is 10.8. The Morgan fingerprint density at radius 3 is 1.88 bits per heavy atom. The number of carbonyl (C=O) groups is 2. The fourth-order valence-corrected chi connectivity index (χ4v) is 3.29. The second-order valence-corrected chi connectivity index (χ2v) is 9.80. The van der Waals surface area contributed by atoms with E-state index in [1.165, 1.54) is 5.56 Å². The molecule has 2 aromatic carbocycles. The van der Waals surface area contributed by atoms with Crippen LogP contribution in [0.2, 0.25) is 0 Å². The number of esters is 1. The maximum atomic E-state index is 11.4. The molecule has 0 spiro atoms. The molecule has 0 saturated heterocycles. The Kier molecular flexibility index (Phi) is 13.1. The van der Waals surface area contributed by atoms with Crippen LogP contribution in [0.3, 0.4) is 0 Å². The van der Waals surface area contributed by atoms with E-state index in [0.717, 1.165) is 37.7 Å². The zero-order valence-electron chi connectivity index (χ0n) is 21.3. The van der Waals surface area contributed by atoms with Crippen LogP contribution in [0.4, 0.5) is 0 Å². The summed E-state index contributed by atoms with van der Waals surface area (Å²) in [4.78, 5) is 22.8. The monoisotopic (exact) mass is 454 g/mol. The van der Waals surface area contributed by atoms with Crippen LogP contribution < -0.4 is 0 Å². The molecule has 0 fully saturated rings. The standard InChI is InChI=1S/C17H26O2.C12H16O2/c1-12(2)8-10-14-6-5-7-16(17(18)19)15(14)11-9-13(3)4;1-10(2)8-9-14-12(13)11-6-4-3-5-7-11/h5-7,12-13H,8-11H2,1-4H3,(H,18,19);3-7,10H,8-9H2,1-2H3. The lowest BCUT2D eigenvalue weighted by atomic mass is 9.90. The van der Waals surface area contributed by atoms with Crippen molar-refractivity contribution in [1.82, 2.24) is 0 Å². The number of aromatic carboxylic acids is 1. The second-order valence-electron chi connectivity index (χ2n) is 9.80. The maximum absolute atomic E-state index is 11.4. The molecule has 0 atom stereocenters. The van der Waals surface area contributed by atoms with Gasteiger partial charge in [0.15, 0.2) is 0 Å². The minimum absolute atomic E-state index is 0.230. The molecule has 182 valence electrons. The van der Waals surface area contributed by atoms with Gasteiger partial charge in [-0.15, -0.1) is 0 Å². The number of ether oxygens (including phenoxy) is 1. The first-order valence-corrected chi connectivity index (χ1v) is 12.2. The lowest BCUT2D eigenvalue weighted by Crippen LogP contribution is -2.08. The van der Waals surface area contributed by atoms with Gasteiger partial charge < -0.3 is 9.84 Å². The summed E-state index contributed by atoms with van der Waals surface area (Å²) in [5.74, 6) is 0.779. The average Bonchev–Trinajstić information content (AvgIpc) is 2.76. The Morgan fingerprint density at radius 1 is 0.758 bits per heavy atom. The minimum atomic E-state index is -0.801. The van der Waals surface area contributed by atoms with E-state index in [4.69, 9.17) is 4.74 Å². The van der Waals surface area contributed by atoms with Crippen LogP contribution in [0.5, 0.6) is 0 Å². The third-order valence-corrected chi connectivity index (χ3v) is 5.40. The predicted octanol–water partition coefficient (Wildman–Crippen LogP) is 7.45. The smallest absolute Gasteiger partial charge is 0.338 e. The first-order chi connectivity index (χ1) is 15.6. The zero-order valence-corrected chi connectivity index (χ0v) is 21.3. The lowest BCUT2D eigenvalue weighted by molar-refractivity contribution is 0.0487. The van der Waals surface area contributed by atoms with E-state index in [9.17, 15) is 14.7 Å². The molecule has 0 radical (unpaired) electrons. The van der Waals surface area contributed by atoms with Crippen LogP contribution in [0, 0.1) is 17.8 Å². The Labute approximate surface area is 200 Å². The molecule has 0 aromatic heterocycles. The van der Waals surface area contributed by atoms with Gasteiger partial charge in [-0.25, -0.2) is 9.59 Å². The molecule has 0 unspecified atom stereocenters. The largest absolute Gasteiger partial charge is 0.478 e. The molecule has 0 amide bonds. The molecule has 33 heavy (non-hydrogen) atoms. The molecule has 0 aliphatic carbocycles. The molecule has 0 heterocycles. The molecular formula is C29H42O4. The van der Waals surface area contributed by atoms with Crippen molar-refractivity contribution in [2.24, 2.45) is 17.8 Å². The maximum Gasteiger partial charge on any atom is 0.338 e. The van der Waals surface area contributed by atoms with Gasteiger partial charge >= 0.3 is 11.9 Å². The highest BCUT2D eigenvalue weighted by atomic mass is 16.5. The van der Waals surface area contributed by atoms with E-state index in [1.54, 1.807) is 18.2 Å². The summed E-state index contributed by atoms with van der Waals surface area (Å²) in [5, 5.41) is 9.33. The number of rotatable bonds is 11. The number of hydrogen-bond donors (Lipinski definition) is 1. The molecule has 0 saturated carbocycles. The minimum Gasteiger partial charge on any atom is -0.478 e. The van der Waals surface area contributed by atoms with E-state index >= 15 is 0 Å². The first kappa shape index (κ1) is 28.4. The number of hydrogen-bond acceptors (Lipinski definition) is 3. The molecule has 2 rings (SSSR count). The number of benzene rings is 2. The van der Waals surface area contributed by atoms with Gasteiger partial charge in [0.05, 0.1) is 17.7 Å². The highest BCUT2D eigenvalue weighted by molar-refractivity contribution is 5.90. The molecule has 4 heteroatoms. The highest BCUT2D eigenvalue weighted by Gasteiger charge is 2.14. The molecule has 0 aliphatic heterocycles. The third-order valence-electron chi connectivity index (χ3n) is 5.40. The topological polar surface area (TPSA) is 63.6 Å². The highest BCUT2D eigenvalue weighted by Crippen LogP contribution is 2.22. The van der Waals surface area contributed by atoms with Crippen molar-refractivity contribution in [2.75, 3.05) is 6.61 Å². The van der Waals surface area contributed by atoms with Gasteiger partial charge in [-0.2, -0.15) is 0 Å². The van der Waals surface area contributed by atoms with E-state index in [-0.39, 0.29) is 5.97 Å². The van der Waals surface area contributed by atoms with Gasteiger partial charge in [-0.3, -0.25) is 0 Å². The lowest BCUT2D eigenvalue weighted by Gasteiger charge is -2.15. The van der Waals surface area contributed by atoms with Crippen LogP contribution >= 0.6 is 0 Å². The van der Waals surface area contributed by atoms with Gasteiger partial charge in [0.2, 0.25) is 0 Å². The molecular weight excluding hydrogens is 412 g/mol. The molecule has 4 nitrogen and oxygen atoms in total. The van der Waals surface area contributed by atoms with Crippen molar-refractivity contribution in [3.05, 3.63) is 70.8 Å². The van der Waals surface area contributed by atoms with Gasteiger partial charge in [0, 0.05) is 0 Å². The van der Waals surface area contributed by atoms with Gasteiger partial charge in [-0.05, 0) is 79.2 Å². The molecule has 2 aromatic rings.